The molecule has 0 spiro atoms. The van der Waals surface area contributed by atoms with Gasteiger partial charge in [-0.05, 0) is 10.8 Å². The first-order chi connectivity index (χ1) is 8.86. The predicted octanol–water partition coefficient (Wildman–Crippen LogP) is 3.17. The Morgan fingerprint density at radius 3 is 2.17 bits per heavy atom. The summed E-state index contributed by atoms with van der Waals surface area (Å²) < 4.78 is 0. The van der Waals surface area contributed by atoms with Crippen molar-refractivity contribution in [1.29, 1.82) is 0 Å². The van der Waals surface area contributed by atoms with Crippen LogP contribution in [0, 0.1) is 0 Å². The van der Waals surface area contributed by atoms with Crippen molar-refractivity contribution in [3.63, 3.8) is 0 Å². The molecule has 3 rings (SSSR count). The minimum absolute atomic E-state index is 0.178. The molecule has 0 saturated carbocycles. The Balaban J connectivity index is 2.15. The highest BCUT2D eigenvalue weighted by molar-refractivity contribution is 5.86. The summed E-state index contributed by atoms with van der Waals surface area (Å²) in [7, 11) is 0. The van der Waals surface area contributed by atoms with Gasteiger partial charge < -0.3 is 5.73 Å². The zero-order valence-electron chi connectivity index (χ0n) is 10.2. The molecule has 3 aromatic rings. The van der Waals surface area contributed by atoms with Crippen molar-refractivity contribution in [2.45, 2.75) is 6.04 Å². The Morgan fingerprint density at radius 2 is 1.33 bits per heavy atom. The molecule has 0 saturated heterocycles. The molecule has 0 fully saturated rings. The third-order valence-corrected chi connectivity index (χ3v) is 3.40. The van der Waals surface area contributed by atoms with E-state index in [9.17, 15) is 0 Å². The Morgan fingerprint density at radius 1 is 0.667 bits per heavy atom. The second-order valence-electron chi connectivity index (χ2n) is 4.53. The van der Waals surface area contributed by atoms with Gasteiger partial charge in [0.25, 0.3) is 0 Å². The fraction of sp³-hybridized carbons (Fsp3) is 0.0588. The van der Waals surface area contributed by atoms with Crippen molar-refractivity contribution in [3.05, 3.63) is 83.9 Å². The summed E-state index contributed by atoms with van der Waals surface area (Å²) in [5.41, 5.74) is 6.88. The number of hydrogen-bond donors (Lipinski definition) is 1. The van der Waals surface area contributed by atoms with Gasteiger partial charge in [-0.15, -0.1) is 0 Å². The van der Waals surface area contributed by atoms with E-state index in [-0.39, 0.29) is 6.04 Å². The van der Waals surface area contributed by atoms with Crippen LogP contribution in [-0.2, 0) is 0 Å². The summed E-state index contributed by atoms with van der Waals surface area (Å²) in [6.45, 7) is 0. The Labute approximate surface area is 107 Å². The van der Waals surface area contributed by atoms with E-state index in [0.717, 1.165) is 0 Å². The Bertz CT molecular complexity index is 653. The van der Waals surface area contributed by atoms with Gasteiger partial charge in [0, 0.05) is 11.1 Å². The average Bonchev–Trinajstić information content (AvgIpc) is 2.47. The summed E-state index contributed by atoms with van der Waals surface area (Å²) in [4.78, 5) is 0. The lowest BCUT2D eigenvalue weighted by molar-refractivity contribution is -0.411. The van der Waals surface area contributed by atoms with Crippen LogP contribution in [0.3, 0.4) is 0 Å². The van der Waals surface area contributed by atoms with Gasteiger partial charge in [0.1, 0.15) is 6.04 Å². The van der Waals surface area contributed by atoms with E-state index in [4.69, 9.17) is 0 Å². The van der Waals surface area contributed by atoms with E-state index in [0.29, 0.717) is 0 Å². The van der Waals surface area contributed by atoms with E-state index >= 15 is 0 Å². The molecule has 0 aliphatic heterocycles. The van der Waals surface area contributed by atoms with Gasteiger partial charge in [-0.25, -0.2) is 0 Å². The zero-order valence-corrected chi connectivity index (χ0v) is 10.2. The van der Waals surface area contributed by atoms with Gasteiger partial charge in [0.05, 0.1) is 0 Å². The van der Waals surface area contributed by atoms with Gasteiger partial charge in [-0.1, -0.05) is 72.8 Å². The maximum Gasteiger partial charge on any atom is 0.136 e. The molecular weight excluding hydrogens is 218 g/mol. The third-order valence-electron chi connectivity index (χ3n) is 3.40. The molecule has 0 heterocycles. The standard InChI is InChI=1S/C17H15N/c18-17(14-8-2-1-3-9-14)16-12-6-10-13-7-4-5-11-15(13)16/h1-12,17H,18H2/p+1/t17-/m0/s1. The number of quaternary nitrogens is 1. The normalized spacial score (nSPS) is 12.5. The van der Waals surface area contributed by atoms with Crippen molar-refractivity contribution in [2.75, 3.05) is 0 Å². The van der Waals surface area contributed by atoms with Crippen molar-refractivity contribution in [1.82, 2.24) is 0 Å². The van der Waals surface area contributed by atoms with Gasteiger partial charge in [0.15, 0.2) is 0 Å². The van der Waals surface area contributed by atoms with Gasteiger partial charge >= 0.3 is 0 Å². The van der Waals surface area contributed by atoms with Crippen molar-refractivity contribution in [3.8, 4) is 0 Å². The van der Waals surface area contributed by atoms with E-state index < -0.39 is 0 Å². The van der Waals surface area contributed by atoms with Crippen LogP contribution in [0.4, 0.5) is 0 Å². The first kappa shape index (κ1) is 11.0. The second kappa shape index (κ2) is 4.63. The predicted molar refractivity (Wildman–Crippen MR) is 75.1 cm³/mol. The summed E-state index contributed by atoms with van der Waals surface area (Å²) in [6.07, 6.45) is 0. The molecule has 0 amide bonds. The van der Waals surface area contributed by atoms with Crippen LogP contribution in [0.5, 0.6) is 0 Å². The SMILES string of the molecule is [NH3+][C@@H](c1ccccc1)c1cccc2ccccc12. The summed E-state index contributed by atoms with van der Waals surface area (Å²) in [5.74, 6) is 0. The largest absolute Gasteiger partial charge is 0.348 e. The zero-order chi connectivity index (χ0) is 12.4. The van der Waals surface area contributed by atoms with Crippen molar-refractivity contribution >= 4 is 10.8 Å². The van der Waals surface area contributed by atoms with Gasteiger partial charge in [0.2, 0.25) is 0 Å². The lowest BCUT2D eigenvalue weighted by Gasteiger charge is -2.12. The van der Waals surface area contributed by atoms with Crippen LogP contribution < -0.4 is 5.73 Å². The molecule has 88 valence electrons. The molecule has 3 aromatic carbocycles. The fourth-order valence-corrected chi connectivity index (χ4v) is 2.42. The quantitative estimate of drug-likeness (QED) is 0.705. The first-order valence-electron chi connectivity index (χ1n) is 6.22. The lowest BCUT2D eigenvalue weighted by atomic mass is 9.94. The van der Waals surface area contributed by atoms with Crippen molar-refractivity contribution in [2.24, 2.45) is 0 Å². The Kier molecular flexibility index (Phi) is 2.83. The van der Waals surface area contributed by atoms with Gasteiger partial charge in [-0.2, -0.15) is 0 Å². The van der Waals surface area contributed by atoms with Crippen LogP contribution in [-0.4, -0.2) is 0 Å². The second-order valence-corrected chi connectivity index (χ2v) is 4.53. The summed E-state index contributed by atoms with van der Waals surface area (Å²) in [6, 6.07) is 25.5. The highest BCUT2D eigenvalue weighted by Gasteiger charge is 2.14. The number of benzene rings is 3. The van der Waals surface area contributed by atoms with Crippen LogP contribution >= 0.6 is 0 Å². The molecule has 0 unspecified atom stereocenters. The molecule has 1 heteroatoms. The number of fused-ring (bicyclic) bond motifs is 1. The fourth-order valence-electron chi connectivity index (χ4n) is 2.42. The number of hydrogen-bond acceptors (Lipinski definition) is 0. The minimum atomic E-state index is 0.178. The van der Waals surface area contributed by atoms with Crippen LogP contribution in [0.2, 0.25) is 0 Å². The molecule has 0 aliphatic rings. The highest BCUT2D eigenvalue weighted by atomic mass is 14.6. The van der Waals surface area contributed by atoms with Crippen LogP contribution in [0.1, 0.15) is 17.2 Å². The monoisotopic (exact) mass is 234 g/mol. The molecule has 0 aromatic heterocycles. The molecule has 0 aliphatic carbocycles. The molecule has 0 radical (unpaired) electrons. The minimum Gasteiger partial charge on any atom is -0.348 e. The Hall–Kier alpha value is -2.12. The molecule has 18 heavy (non-hydrogen) atoms. The topological polar surface area (TPSA) is 27.6 Å². The first-order valence-corrected chi connectivity index (χ1v) is 6.22. The molecule has 1 atom stereocenters. The smallest absolute Gasteiger partial charge is 0.136 e. The van der Waals surface area contributed by atoms with Crippen molar-refractivity contribution < 1.29 is 5.73 Å². The molecule has 3 N–H and O–H groups in total. The maximum absolute atomic E-state index is 4.33. The van der Waals surface area contributed by atoms with Crippen LogP contribution in [0.25, 0.3) is 10.8 Å². The van der Waals surface area contributed by atoms with E-state index in [2.05, 4.69) is 72.5 Å². The maximum atomic E-state index is 4.33. The summed E-state index contributed by atoms with van der Waals surface area (Å²) >= 11 is 0. The number of rotatable bonds is 2. The molecule has 0 bridgehead atoms. The van der Waals surface area contributed by atoms with Gasteiger partial charge in [-0.3, -0.25) is 0 Å². The van der Waals surface area contributed by atoms with E-state index in [1.807, 2.05) is 6.07 Å². The third kappa shape index (κ3) is 1.89. The van der Waals surface area contributed by atoms with Crippen LogP contribution in [0.15, 0.2) is 72.8 Å². The molecule has 1 nitrogen and oxygen atoms in total. The summed E-state index contributed by atoms with van der Waals surface area (Å²) in [5, 5.41) is 2.57. The highest BCUT2D eigenvalue weighted by Crippen LogP contribution is 2.25. The lowest BCUT2D eigenvalue weighted by Crippen LogP contribution is -2.54. The molecular formula is C17H16N+. The van der Waals surface area contributed by atoms with E-state index in [1.54, 1.807) is 0 Å². The average molecular weight is 234 g/mol. The van der Waals surface area contributed by atoms with E-state index in [1.165, 1.54) is 21.9 Å².